The molecule has 1 aromatic rings. The molecule has 1 unspecified atom stereocenters. The molecule has 84 valence electrons. The van der Waals surface area contributed by atoms with Gasteiger partial charge in [0.05, 0.1) is 17.1 Å². The van der Waals surface area contributed by atoms with E-state index in [1.54, 1.807) is 12.4 Å². The average molecular weight is 235 g/mol. The third-order valence-corrected chi connectivity index (χ3v) is 3.64. The summed E-state index contributed by atoms with van der Waals surface area (Å²) in [7, 11) is 0. The van der Waals surface area contributed by atoms with Crippen LogP contribution in [0.3, 0.4) is 0 Å². The van der Waals surface area contributed by atoms with Gasteiger partial charge >= 0.3 is 0 Å². The maximum Gasteiger partial charge on any atom is 0.239 e. The third-order valence-electron chi connectivity index (χ3n) is 2.21. The molecule has 1 aliphatic rings. The molecule has 0 aliphatic carbocycles. The molecule has 0 radical (unpaired) electrons. The number of pyridine rings is 1. The Morgan fingerprint density at radius 3 is 2.94 bits per heavy atom. The number of thioether (sulfide) groups is 1. The van der Waals surface area contributed by atoms with Gasteiger partial charge in [0.25, 0.3) is 0 Å². The molecule has 0 spiro atoms. The lowest BCUT2D eigenvalue weighted by Gasteiger charge is -2.07. The van der Waals surface area contributed by atoms with E-state index in [1.807, 2.05) is 26.0 Å². The monoisotopic (exact) mass is 235 g/mol. The Morgan fingerprint density at radius 2 is 2.38 bits per heavy atom. The highest BCUT2D eigenvalue weighted by molar-refractivity contribution is 8.15. The van der Waals surface area contributed by atoms with E-state index in [0.717, 1.165) is 5.69 Å². The molecule has 1 atom stereocenters. The first kappa shape index (κ1) is 11.1. The van der Waals surface area contributed by atoms with Crippen molar-refractivity contribution in [3.8, 4) is 0 Å². The zero-order chi connectivity index (χ0) is 11.5. The van der Waals surface area contributed by atoms with Crippen LogP contribution in [-0.4, -0.2) is 21.3 Å². The number of hydrogen-bond acceptors (Lipinski definition) is 4. The molecule has 1 fully saturated rings. The zero-order valence-corrected chi connectivity index (χ0v) is 9.99. The van der Waals surface area contributed by atoms with E-state index < -0.39 is 0 Å². The number of carbonyl (C=O) groups excluding carboxylic acids is 1. The molecule has 5 heteroatoms. The standard InChI is InChI=1S/C11H13N3OS/c1-7(2)9-10(15)14-11(16-9)13-8-4-3-5-12-6-8/h3-7,9H,1-2H3,(H,13,14,15). The Hall–Kier alpha value is -1.36. The molecule has 1 amide bonds. The quantitative estimate of drug-likeness (QED) is 0.852. The maximum absolute atomic E-state index is 11.6. The van der Waals surface area contributed by atoms with Crippen molar-refractivity contribution in [3.63, 3.8) is 0 Å². The van der Waals surface area contributed by atoms with E-state index in [9.17, 15) is 4.79 Å². The van der Waals surface area contributed by atoms with Crippen LogP contribution in [0.2, 0.25) is 0 Å². The van der Waals surface area contributed by atoms with Crippen LogP contribution in [0.25, 0.3) is 0 Å². The number of aliphatic imine (C=N–C) groups is 1. The molecule has 0 saturated carbocycles. The van der Waals surface area contributed by atoms with Crippen LogP contribution in [-0.2, 0) is 4.79 Å². The second-order valence-corrected chi connectivity index (χ2v) is 5.03. The van der Waals surface area contributed by atoms with Crippen LogP contribution in [0, 0.1) is 5.92 Å². The zero-order valence-electron chi connectivity index (χ0n) is 9.18. The molecule has 1 N–H and O–H groups in total. The number of nitrogens with zero attached hydrogens (tertiary/aromatic N) is 2. The lowest BCUT2D eigenvalue weighted by Crippen LogP contribution is -2.27. The van der Waals surface area contributed by atoms with Crippen molar-refractivity contribution in [2.24, 2.45) is 10.9 Å². The minimum absolute atomic E-state index is 0.0320. The second kappa shape index (κ2) is 4.65. The predicted molar refractivity (Wildman–Crippen MR) is 65.7 cm³/mol. The highest BCUT2D eigenvalue weighted by atomic mass is 32.2. The topological polar surface area (TPSA) is 54.4 Å². The van der Waals surface area contributed by atoms with E-state index in [2.05, 4.69) is 15.3 Å². The van der Waals surface area contributed by atoms with Gasteiger partial charge in [0.15, 0.2) is 5.17 Å². The SMILES string of the molecule is CC(C)C1SC(=Nc2cccnc2)NC1=O. The average Bonchev–Trinajstić information content (AvgIpc) is 2.61. The van der Waals surface area contributed by atoms with Crippen LogP contribution >= 0.6 is 11.8 Å². The van der Waals surface area contributed by atoms with E-state index in [4.69, 9.17) is 0 Å². The first-order chi connectivity index (χ1) is 7.66. The van der Waals surface area contributed by atoms with Gasteiger partial charge in [-0.2, -0.15) is 0 Å². The van der Waals surface area contributed by atoms with Crippen LogP contribution in [0.1, 0.15) is 13.8 Å². The van der Waals surface area contributed by atoms with Crippen LogP contribution in [0.5, 0.6) is 0 Å². The van der Waals surface area contributed by atoms with Crippen LogP contribution in [0.4, 0.5) is 5.69 Å². The van der Waals surface area contributed by atoms with Crippen molar-refractivity contribution < 1.29 is 4.79 Å². The van der Waals surface area contributed by atoms with Crippen molar-refractivity contribution >= 4 is 28.5 Å². The summed E-state index contributed by atoms with van der Waals surface area (Å²) < 4.78 is 0. The molecular weight excluding hydrogens is 222 g/mol. The molecule has 2 rings (SSSR count). The normalized spacial score (nSPS) is 22.8. The predicted octanol–water partition coefficient (Wildman–Crippen LogP) is 1.96. The van der Waals surface area contributed by atoms with Crippen molar-refractivity contribution in [2.45, 2.75) is 19.1 Å². The van der Waals surface area contributed by atoms with Crippen molar-refractivity contribution in [1.82, 2.24) is 10.3 Å². The Balaban J connectivity index is 2.14. The summed E-state index contributed by atoms with van der Waals surface area (Å²) in [5, 5.41) is 3.41. The Kier molecular flexibility index (Phi) is 3.24. The fourth-order valence-electron chi connectivity index (χ4n) is 1.41. The third kappa shape index (κ3) is 2.41. The van der Waals surface area contributed by atoms with E-state index in [0.29, 0.717) is 11.1 Å². The minimum atomic E-state index is -0.0320. The number of hydrogen-bond donors (Lipinski definition) is 1. The van der Waals surface area contributed by atoms with Gasteiger partial charge in [-0.05, 0) is 18.1 Å². The van der Waals surface area contributed by atoms with Gasteiger partial charge < -0.3 is 5.32 Å². The largest absolute Gasteiger partial charge is 0.304 e. The summed E-state index contributed by atoms with van der Waals surface area (Å²) in [5.74, 6) is 0.356. The first-order valence-corrected chi connectivity index (χ1v) is 6.01. The number of amides is 1. The lowest BCUT2D eigenvalue weighted by atomic mass is 10.1. The first-order valence-electron chi connectivity index (χ1n) is 5.13. The summed E-state index contributed by atoms with van der Waals surface area (Å²) in [6, 6.07) is 3.68. The number of rotatable bonds is 2. The number of carbonyl (C=O) groups is 1. The van der Waals surface area contributed by atoms with Gasteiger partial charge in [-0.1, -0.05) is 25.6 Å². The molecule has 16 heavy (non-hydrogen) atoms. The lowest BCUT2D eigenvalue weighted by molar-refractivity contribution is -0.119. The summed E-state index contributed by atoms with van der Waals surface area (Å²) in [5.41, 5.74) is 0.759. The van der Waals surface area contributed by atoms with Gasteiger partial charge in [-0.25, -0.2) is 4.99 Å². The molecule has 4 nitrogen and oxygen atoms in total. The van der Waals surface area contributed by atoms with Gasteiger partial charge in [0, 0.05) is 6.20 Å². The molecule has 1 aliphatic heterocycles. The van der Waals surface area contributed by atoms with Crippen molar-refractivity contribution in [1.29, 1.82) is 0 Å². The number of aromatic nitrogens is 1. The minimum Gasteiger partial charge on any atom is -0.304 e. The highest BCUT2D eigenvalue weighted by Crippen LogP contribution is 2.27. The van der Waals surface area contributed by atoms with E-state index in [1.165, 1.54) is 11.8 Å². The molecule has 1 aromatic heterocycles. The van der Waals surface area contributed by atoms with Gasteiger partial charge in [0.2, 0.25) is 5.91 Å². The van der Waals surface area contributed by atoms with Gasteiger partial charge in [0.1, 0.15) is 0 Å². The smallest absolute Gasteiger partial charge is 0.239 e. The fourth-order valence-corrected chi connectivity index (χ4v) is 2.41. The van der Waals surface area contributed by atoms with Crippen LogP contribution in [0.15, 0.2) is 29.5 Å². The van der Waals surface area contributed by atoms with Crippen molar-refractivity contribution in [3.05, 3.63) is 24.5 Å². The summed E-state index contributed by atoms with van der Waals surface area (Å²) in [6.07, 6.45) is 3.36. The maximum atomic E-state index is 11.6. The van der Waals surface area contributed by atoms with Gasteiger partial charge in [-0.15, -0.1) is 0 Å². The van der Waals surface area contributed by atoms with E-state index >= 15 is 0 Å². The van der Waals surface area contributed by atoms with Crippen molar-refractivity contribution in [2.75, 3.05) is 0 Å². The van der Waals surface area contributed by atoms with Crippen LogP contribution < -0.4 is 5.32 Å². The molecular formula is C11H13N3OS. The molecule has 1 saturated heterocycles. The number of amidine groups is 1. The number of nitrogens with one attached hydrogen (secondary N) is 1. The molecule has 0 bridgehead atoms. The Morgan fingerprint density at radius 1 is 1.56 bits per heavy atom. The van der Waals surface area contributed by atoms with Gasteiger partial charge in [-0.3, -0.25) is 9.78 Å². The molecule has 2 heterocycles. The second-order valence-electron chi connectivity index (χ2n) is 3.90. The Labute approximate surface area is 98.6 Å². The Bertz CT molecular complexity index is 416. The fraction of sp³-hybridized carbons (Fsp3) is 0.364. The highest BCUT2D eigenvalue weighted by Gasteiger charge is 2.32. The summed E-state index contributed by atoms with van der Waals surface area (Å²) >= 11 is 1.48. The molecule has 0 aromatic carbocycles. The summed E-state index contributed by atoms with van der Waals surface area (Å²) in [6.45, 7) is 4.06. The van der Waals surface area contributed by atoms with E-state index in [-0.39, 0.29) is 11.2 Å². The summed E-state index contributed by atoms with van der Waals surface area (Å²) in [4.78, 5) is 19.9.